The van der Waals surface area contributed by atoms with Gasteiger partial charge in [0.1, 0.15) is 0 Å². The van der Waals surface area contributed by atoms with Crippen LogP contribution in [-0.4, -0.2) is 14.9 Å². The Balaban J connectivity index is 2.10. The molecule has 1 saturated carbocycles. The number of hydrogen-bond donors (Lipinski definition) is 0. The Morgan fingerprint density at radius 2 is 2.29 bits per heavy atom. The van der Waals surface area contributed by atoms with Crippen LogP contribution in [0.3, 0.4) is 0 Å². The van der Waals surface area contributed by atoms with Gasteiger partial charge in [0.2, 0.25) is 6.04 Å². The van der Waals surface area contributed by atoms with E-state index in [1.165, 1.54) is 0 Å². The molecule has 0 aliphatic heterocycles. The molecule has 0 spiro atoms. The van der Waals surface area contributed by atoms with Crippen molar-refractivity contribution in [1.29, 1.82) is 0 Å². The molecule has 0 heterocycles. The highest BCUT2D eigenvalue weighted by Crippen LogP contribution is 2.49. The summed E-state index contributed by atoms with van der Waals surface area (Å²) in [7, 11) is 0. The standard InChI is InChI=1S/C13H12INO2/c1-7-10-5-8-3-2-4-9(8)13(15(16)17)11(10)6-12(7)14/h2-5,9,11-13H,1,6H2. The van der Waals surface area contributed by atoms with Gasteiger partial charge in [0.05, 0.1) is 11.8 Å². The van der Waals surface area contributed by atoms with Crippen LogP contribution in [0.2, 0.25) is 0 Å². The minimum atomic E-state index is -0.503. The van der Waals surface area contributed by atoms with Crippen LogP contribution in [0.15, 0.2) is 47.6 Å². The molecule has 3 rings (SSSR count). The monoisotopic (exact) mass is 341 g/mol. The molecule has 0 aromatic rings. The maximum absolute atomic E-state index is 11.3. The fourth-order valence-electron chi connectivity index (χ4n) is 3.11. The van der Waals surface area contributed by atoms with Gasteiger partial charge in [0.25, 0.3) is 0 Å². The van der Waals surface area contributed by atoms with Crippen LogP contribution in [0.25, 0.3) is 0 Å². The summed E-state index contributed by atoms with van der Waals surface area (Å²) < 4.78 is 0.342. The van der Waals surface area contributed by atoms with Crippen molar-refractivity contribution in [2.75, 3.05) is 0 Å². The van der Waals surface area contributed by atoms with E-state index in [0.29, 0.717) is 3.92 Å². The maximum atomic E-state index is 11.3. The summed E-state index contributed by atoms with van der Waals surface area (Å²) >= 11 is 2.34. The third-order valence-corrected chi connectivity index (χ3v) is 5.21. The molecule has 0 bridgehead atoms. The smallest absolute Gasteiger partial charge is 0.230 e. The maximum Gasteiger partial charge on any atom is 0.230 e. The fraction of sp³-hybridized carbons (Fsp3) is 0.385. The second kappa shape index (κ2) is 3.80. The normalized spacial score (nSPS) is 38.5. The molecule has 0 aromatic carbocycles. The van der Waals surface area contributed by atoms with Crippen molar-refractivity contribution in [2.45, 2.75) is 16.4 Å². The lowest BCUT2D eigenvalue weighted by atomic mass is 9.76. The summed E-state index contributed by atoms with van der Waals surface area (Å²) in [5.41, 5.74) is 3.26. The summed E-state index contributed by atoms with van der Waals surface area (Å²) in [6.45, 7) is 4.08. The van der Waals surface area contributed by atoms with Gasteiger partial charge in [0.15, 0.2) is 0 Å². The Kier molecular flexibility index (Phi) is 2.50. The van der Waals surface area contributed by atoms with E-state index in [-0.39, 0.29) is 16.8 Å². The average Bonchev–Trinajstić information content (AvgIpc) is 2.82. The number of fused-ring (bicyclic) bond motifs is 2. The SMILES string of the molecule is C=C1C2=CC3=CC=CC3C([N+](=O)[O-])C2CC1I. The Bertz CT molecular complexity index is 504. The Labute approximate surface area is 113 Å². The molecule has 0 N–H and O–H groups in total. The molecule has 17 heavy (non-hydrogen) atoms. The van der Waals surface area contributed by atoms with Gasteiger partial charge in [0, 0.05) is 8.85 Å². The first-order chi connectivity index (χ1) is 8.09. The molecule has 4 unspecified atom stereocenters. The highest BCUT2D eigenvalue weighted by atomic mass is 127. The van der Waals surface area contributed by atoms with Crippen LogP contribution in [0.4, 0.5) is 0 Å². The van der Waals surface area contributed by atoms with E-state index >= 15 is 0 Å². The van der Waals surface area contributed by atoms with Crippen molar-refractivity contribution in [3.8, 4) is 0 Å². The second-order valence-electron chi connectivity index (χ2n) is 4.79. The van der Waals surface area contributed by atoms with Gasteiger partial charge >= 0.3 is 0 Å². The number of halogens is 1. The molecular formula is C13H12INO2. The van der Waals surface area contributed by atoms with Crippen LogP contribution in [0.5, 0.6) is 0 Å². The van der Waals surface area contributed by atoms with Crippen molar-refractivity contribution in [3.05, 3.63) is 57.7 Å². The van der Waals surface area contributed by atoms with Crippen molar-refractivity contribution in [3.63, 3.8) is 0 Å². The summed E-state index contributed by atoms with van der Waals surface area (Å²) in [5.74, 6) is 0.0116. The largest absolute Gasteiger partial charge is 0.264 e. The quantitative estimate of drug-likeness (QED) is 0.318. The highest BCUT2D eigenvalue weighted by Gasteiger charge is 2.49. The predicted molar refractivity (Wildman–Crippen MR) is 74.6 cm³/mol. The van der Waals surface area contributed by atoms with Crippen LogP contribution < -0.4 is 0 Å². The first-order valence-corrected chi connectivity index (χ1v) is 6.91. The molecule has 0 radical (unpaired) electrons. The van der Waals surface area contributed by atoms with Gasteiger partial charge < -0.3 is 0 Å². The average molecular weight is 341 g/mol. The first kappa shape index (κ1) is 11.2. The van der Waals surface area contributed by atoms with Crippen molar-refractivity contribution >= 4 is 22.6 Å². The van der Waals surface area contributed by atoms with Crippen LogP contribution in [0.1, 0.15) is 6.42 Å². The third kappa shape index (κ3) is 1.53. The van der Waals surface area contributed by atoms with Gasteiger partial charge in [-0.1, -0.05) is 53.5 Å². The van der Waals surface area contributed by atoms with Gasteiger partial charge in [-0.3, -0.25) is 10.1 Å². The molecule has 0 amide bonds. The van der Waals surface area contributed by atoms with E-state index in [2.05, 4.69) is 35.2 Å². The van der Waals surface area contributed by atoms with Gasteiger partial charge in [-0.05, 0) is 23.1 Å². The van der Waals surface area contributed by atoms with Crippen LogP contribution in [-0.2, 0) is 0 Å². The summed E-state index contributed by atoms with van der Waals surface area (Å²) in [6.07, 6.45) is 8.85. The van der Waals surface area contributed by atoms with E-state index in [0.717, 1.165) is 23.1 Å². The minimum Gasteiger partial charge on any atom is -0.264 e. The lowest BCUT2D eigenvalue weighted by Gasteiger charge is -2.28. The van der Waals surface area contributed by atoms with E-state index in [4.69, 9.17) is 0 Å². The van der Waals surface area contributed by atoms with Crippen LogP contribution >= 0.6 is 22.6 Å². The molecule has 4 heteroatoms. The highest BCUT2D eigenvalue weighted by molar-refractivity contribution is 14.1. The molecule has 88 valence electrons. The van der Waals surface area contributed by atoms with Gasteiger partial charge in [-0.25, -0.2) is 0 Å². The first-order valence-electron chi connectivity index (χ1n) is 5.66. The van der Waals surface area contributed by atoms with E-state index < -0.39 is 6.04 Å². The molecule has 3 aliphatic carbocycles. The van der Waals surface area contributed by atoms with E-state index in [9.17, 15) is 10.1 Å². The molecule has 1 fully saturated rings. The lowest BCUT2D eigenvalue weighted by Crippen LogP contribution is -2.38. The Morgan fingerprint density at radius 1 is 1.53 bits per heavy atom. The lowest BCUT2D eigenvalue weighted by molar-refractivity contribution is -0.535. The molecule has 3 nitrogen and oxygen atoms in total. The topological polar surface area (TPSA) is 43.1 Å². The fourth-order valence-corrected chi connectivity index (χ4v) is 4.01. The molecular weight excluding hydrogens is 329 g/mol. The molecule has 3 aliphatic rings. The number of rotatable bonds is 1. The summed E-state index contributed by atoms with van der Waals surface area (Å²) in [4.78, 5) is 11.2. The number of allylic oxidation sites excluding steroid dienone is 4. The second-order valence-corrected chi connectivity index (χ2v) is 6.29. The predicted octanol–water partition coefficient (Wildman–Crippen LogP) is 3.06. The third-order valence-electron chi connectivity index (χ3n) is 3.95. The van der Waals surface area contributed by atoms with E-state index in [1.807, 2.05) is 18.2 Å². The summed E-state index contributed by atoms with van der Waals surface area (Å²) in [5, 5.41) is 11.3. The molecule has 0 aromatic heterocycles. The molecule has 0 saturated heterocycles. The Hall–Kier alpha value is -0.910. The van der Waals surface area contributed by atoms with Crippen LogP contribution in [0, 0.1) is 22.0 Å². The number of nitro groups is 1. The van der Waals surface area contributed by atoms with Crippen molar-refractivity contribution < 1.29 is 4.92 Å². The zero-order valence-electron chi connectivity index (χ0n) is 9.17. The van der Waals surface area contributed by atoms with Crippen molar-refractivity contribution in [2.24, 2.45) is 11.8 Å². The minimum absolute atomic E-state index is 0.0340. The van der Waals surface area contributed by atoms with Gasteiger partial charge in [-0.15, -0.1) is 0 Å². The van der Waals surface area contributed by atoms with Crippen molar-refractivity contribution in [1.82, 2.24) is 0 Å². The number of hydrogen-bond acceptors (Lipinski definition) is 2. The van der Waals surface area contributed by atoms with E-state index in [1.54, 1.807) is 0 Å². The number of alkyl halides is 1. The zero-order valence-corrected chi connectivity index (χ0v) is 11.3. The van der Waals surface area contributed by atoms with Gasteiger partial charge in [-0.2, -0.15) is 0 Å². The summed E-state index contributed by atoms with van der Waals surface area (Å²) in [6, 6.07) is -0.503. The number of nitrogens with zero attached hydrogens (tertiary/aromatic N) is 1. The zero-order chi connectivity index (χ0) is 12.2. The Morgan fingerprint density at radius 3 is 3.00 bits per heavy atom. The molecule has 4 atom stereocenters.